The second-order valence-electron chi connectivity index (χ2n) is 11.9. The molecule has 1 heterocycles. The van der Waals surface area contributed by atoms with Crippen LogP contribution in [0.15, 0.2) is 91.0 Å². The van der Waals surface area contributed by atoms with Gasteiger partial charge >= 0.3 is 0 Å². The minimum Gasteiger partial charge on any atom is -0.352 e. The molecule has 6 heteroatoms. The first kappa shape index (κ1) is 28.7. The lowest BCUT2D eigenvalue weighted by Crippen LogP contribution is -2.52. The molecular weight excluding hydrogens is 534 g/mol. The first-order chi connectivity index (χ1) is 21.0. The van der Waals surface area contributed by atoms with Gasteiger partial charge in [0.05, 0.1) is 5.69 Å². The molecule has 1 fully saturated rings. The average Bonchev–Trinajstić information content (AvgIpc) is 3.63. The Morgan fingerprint density at radius 2 is 1.63 bits per heavy atom. The molecular formula is C37H39N3O3. The van der Waals surface area contributed by atoms with Crippen LogP contribution in [0.2, 0.25) is 0 Å². The third-order valence-electron chi connectivity index (χ3n) is 8.83. The van der Waals surface area contributed by atoms with Gasteiger partial charge in [0.25, 0.3) is 5.91 Å². The van der Waals surface area contributed by atoms with Crippen LogP contribution in [0.4, 0.5) is 5.69 Å². The SMILES string of the molecule is Cc1cccc(CN(C(=O)CCCN2C(=O)c3cccc4cccc2c34)[C@@H](Cc2ccccc2)C(=O)NC2CCCC2)c1. The second-order valence-corrected chi connectivity index (χ2v) is 11.9. The fraction of sp³-hybridized carbons (Fsp3) is 0.324. The third kappa shape index (κ3) is 6.34. The molecule has 220 valence electrons. The summed E-state index contributed by atoms with van der Waals surface area (Å²) in [5, 5.41) is 5.30. The number of aryl methyl sites for hydroxylation is 1. The van der Waals surface area contributed by atoms with E-state index in [2.05, 4.69) is 11.4 Å². The van der Waals surface area contributed by atoms with Crippen molar-refractivity contribution < 1.29 is 14.4 Å². The highest BCUT2D eigenvalue weighted by Gasteiger charge is 2.33. The number of benzene rings is 4. The average molecular weight is 574 g/mol. The molecule has 6 rings (SSSR count). The molecule has 1 aliphatic carbocycles. The van der Waals surface area contributed by atoms with E-state index in [1.165, 1.54) is 0 Å². The summed E-state index contributed by atoms with van der Waals surface area (Å²) in [6.45, 7) is 2.83. The van der Waals surface area contributed by atoms with Gasteiger partial charge in [-0.3, -0.25) is 14.4 Å². The van der Waals surface area contributed by atoms with Gasteiger partial charge < -0.3 is 15.1 Å². The number of rotatable bonds is 11. The minimum absolute atomic E-state index is 0.0197. The number of nitrogens with one attached hydrogen (secondary N) is 1. The summed E-state index contributed by atoms with van der Waals surface area (Å²) in [6, 6.07) is 29.4. The summed E-state index contributed by atoms with van der Waals surface area (Å²) in [5.74, 6) is -0.186. The van der Waals surface area contributed by atoms with Crippen molar-refractivity contribution in [2.75, 3.05) is 11.4 Å². The van der Waals surface area contributed by atoms with E-state index < -0.39 is 6.04 Å². The third-order valence-corrected chi connectivity index (χ3v) is 8.83. The van der Waals surface area contributed by atoms with Crippen LogP contribution in [0, 0.1) is 6.92 Å². The van der Waals surface area contributed by atoms with Crippen LogP contribution in [-0.2, 0) is 22.6 Å². The van der Waals surface area contributed by atoms with Crippen LogP contribution in [-0.4, -0.2) is 41.2 Å². The molecule has 0 spiro atoms. The number of hydrogen-bond donors (Lipinski definition) is 1. The van der Waals surface area contributed by atoms with Crippen molar-refractivity contribution in [2.24, 2.45) is 0 Å². The minimum atomic E-state index is -0.637. The Bertz CT molecular complexity index is 1620. The van der Waals surface area contributed by atoms with E-state index in [9.17, 15) is 14.4 Å². The zero-order chi connectivity index (χ0) is 29.8. The van der Waals surface area contributed by atoms with E-state index in [0.29, 0.717) is 31.5 Å². The largest absolute Gasteiger partial charge is 0.352 e. The number of anilines is 1. The molecule has 3 amide bonds. The summed E-state index contributed by atoms with van der Waals surface area (Å²) < 4.78 is 0. The Morgan fingerprint density at radius 3 is 2.40 bits per heavy atom. The van der Waals surface area contributed by atoms with Crippen LogP contribution in [0.1, 0.15) is 65.6 Å². The molecule has 4 aromatic carbocycles. The highest BCUT2D eigenvalue weighted by Crippen LogP contribution is 2.37. The van der Waals surface area contributed by atoms with Crippen molar-refractivity contribution in [1.82, 2.24) is 10.2 Å². The molecule has 0 aromatic heterocycles. The van der Waals surface area contributed by atoms with Crippen LogP contribution < -0.4 is 10.2 Å². The summed E-state index contributed by atoms with van der Waals surface area (Å²) in [7, 11) is 0. The number of carbonyl (C=O) groups is 3. The van der Waals surface area contributed by atoms with E-state index >= 15 is 0 Å². The summed E-state index contributed by atoms with van der Waals surface area (Å²) in [5.41, 5.74) is 4.75. The maximum Gasteiger partial charge on any atom is 0.258 e. The Morgan fingerprint density at radius 1 is 0.907 bits per heavy atom. The second kappa shape index (κ2) is 12.8. The van der Waals surface area contributed by atoms with Crippen LogP contribution in [0.3, 0.4) is 0 Å². The summed E-state index contributed by atoms with van der Waals surface area (Å²) >= 11 is 0. The molecule has 6 nitrogen and oxygen atoms in total. The maximum atomic E-state index is 14.1. The number of carbonyl (C=O) groups excluding carboxylic acids is 3. The van der Waals surface area contributed by atoms with Gasteiger partial charge in [-0.25, -0.2) is 0 Å². The molecule has 2 aliphatic rings. The van der Waals surface area contributed by atoms with Crippen molar-refractivity contribution in [3.8, 4) is 0 Å². The quantitative estimate of drug-likeness (QED) is 0.220. The van der Waals surface area contributed by atoms with Crippen LogP contribution in [0.5, 0.6) is 0 Å². The first-order valence-electron chi connectivity index (χ1n) is 15.5. The molecule has 4 aromatic rings. The van der Waals surface area contributed by atoms with Gasteiger partial charge in [-0.2, -0.15) is 0 Å². The predicted octanol–water partition coefficient (Wildman–Crippen LogP) is 6.59. The topological polar surface area (TPSA) is 69.7 Å². The van der Waals surface area contributed by atoms with Gasteiger partial charge in [-0.15, -0.1) is 0 Å². The molecule has 0 radical (unpaired) electrons. The highest BCUT2D eigenvalue weighted by atomic mass is 16.2. The van der Waals surface area contributed by atoms with Gasteiger partial charge in [0.1, 0.15) is 6.04 Å². The fourth-order valence-corrected chi connectivity index (χ4v) is 6.66. The van der Waals surface area contributed by atoms with Crippen molar-refractivity contribution in [3.63, 3.8) is 0 Å². The molecule has 43 heavy (non-hydrogen) atoms. The Labute approximate surface area is 253 Å². The lowest BCUT2D eigenvalue weighted by Gasteiger charge is -2.32. The highest BCUT2D eigenvalue weighted by molar-refractivity contribution is 6.25. The smallest absolute Gasteiger partial charge is 0.258 e. The zero-order valence-electron chi connectivity index (χ0n) is 24.8. The van der Waals surface area contributed by atoms with Crippen molar-refractivity contribution in [2.45, 2.75) is 70.5 Å². The van der Waals surface area contributed by atoms with Crippen molar-refractivity contribution >= 4 is 34.2 Å². The Hall–Kier alpha value is -4.45. The van der Waals surface area contributed by atoms with Gasteiger partial charge in [0.2, 0.25) is 11.8 Å². The number of nitrogens with zero attached hydrogens (tertiary/aromatic N) is 2. The molecule has 1 aliphatic heterocycles. The Balaban J connectivity index is 1.23. The van der Waals surface area contributed by atoms with E-state index in [1.807, 2.05) is 91.9 Å². The monoisotopic (exact) mass is 573 g/mol. The van der Waals surface area contributed by atoms with E-state index in [4.69, 9.17) is 0 Å². The first-order valence-corrected chi connectivity index (χ1v) is 15.5. The zero-order valence-corrected chi connectivity index (χ0v) is 24.8. The molecule has 1 saturated carbocycles. The molecule has 0 bridgehead atoms. The predicted molar refractivity (Wildman–Crippen MR) is 171 cm³/mol. The lowest BCUT2D eigenvalue weighted by atomic mass is 10.0. The molecule has 1 atom stereocenters. The van der Waals surface area contributed by atoms with Crippen LogP contribution in [0.25, 0.3) is 10.8 Å². The lowest BCUT2D eigenvalue weighted by molar-refractivity contribution is -0.141. The van der Waals surface area contributed by atoms with E-state index in [-0.39, 0.29) is 30.2 Å². The molecule has 0 unspecified atom stereocenters. The molecule has 0 saturated heterocycles. The standard InChI is InChI=1S/C37H39N3O3/c1-26-11-7-14-28(23-26)25-40(33(24-27-12-3-2-4-13-27)36(42)38-30-17-5-6-18-30)34(41)21-10-22-39-32-20-9-16-29-15-8-19-31(35(29)32)37(39)43/h2-4,7-9,11-16,19-20,23,30,33H,5-6,10,17-18,21-22,24-25H2,1H3,(H,38,42)/t33-/m0/s1. The van der Waals surface area contributed by atoms with Gasteiger partial charge in [-0.05, 0) is 54.8 Å². The molecule has 1 N–H and O–H groups in total. The summed E-state index contributed by atoms with van der Waals surface area (Å²) in [6.07, 6.45) is 5.38. The van der Waals surface area contributed by atoms with Crippen molar-refractivity contribution in [1.29, 1.82) is 0 Å². The number of hydrogen-bond acceptors (Lipinski definition) is 3. The van der Waals surface area contributed by atoms with Crippen LogP contribution >= 0.6 is 0 Å². The normalized spacial score (nSPS) is 15.2. The fourth-order valence-electron chi connectivity index (χ4n) is 6.66. The van der Waals surface area contributed by atoms with Gasteiger partial charge in [0, 0.05) is 42.9 Å². The Kier molecular flexibility index (Phi) is 8.55. The van der Waals surface area contributed by atoms with Crippen molar-refractivity contribution in [3.05, 3.63) is 113 Å². The summed E-state index contributed by atoms with van der Waals surface area (Å²) in [4.78, 5) is 44.9. The maximum absolute atomic E-state index is 14.1. The van der Waals surface area contributed by atoms with Gasteiger partial charge in [-0.1, -0.05) is 97.3 Å². The van der Waals surface area contributed by atoms with E-state index in [1.54, 1.807) is 9.80 Å². The number of amides is 3. The van der Waals surface area contributed by atoms with Gasteiger partial charge in [0.15, 0.2) is 0 Å². The van der Waals surface area contributed by atoms with E-state index in [0.717, 1.165) is 58.8 Å².